The fourth-order valence-electron chi connectivity index (χ4n) is 2.82. The van der Waals surface area contributed by atoms with Gasteiger partial charge in [0.25, 0.3) is 0 Å². The fraction of sp³-hybridized carbons (Fsp3) is 0.917. The third-order valence-electron chi connectivity index (χ3n) is 3.61. The summed E-state index contributed by atoms with van der Waals surface area (Å²) in [6, 6.07) is 0.913. The van der Waals surface area contributed by atoms with E-state index in [0.717, 1.165) is 25.9 Å². The molecular weight excluding hydrogens is 240 g/mol. The molecule has 2 bridgehead atoms. The number of carbonyl (C=O) groups is 1. The van der Waals surface area contributed by atoms with E-state index in [0.29, 0.717) is 31.7 Å². The van der Waals surface area contributed by atoms with Crippen LogP contribution >= 0.6 is 12.4 Å². The molecular formula is C12H23ClN2O2. The van der Waals surface area contributed by atoms with Gasteiger partial charge in [-0.25, -0.2) is 0 Å². The van der Waals surface area contributed by atoms with Crippen LogP contribution in [0, 0.1) is 0 Å². The maximum absolute atomic E-state index is 12.1. The SMILES string of the molecule is CCOCCC(=O)N1C2CCNCC1CC2.Cl. The molecule has 17 heavy (non-hydrogen) atoms. The van der Waals surface area contributed by atoms with Crippen LogP contribution in [-0.2, 0) is 9.53 Å². The molecule has 0 aliphatic carbocycles. The van der Waals surface area contributed by atoms with Crippen molar-refractivity contribution in [1.29, 1.82) is 0 Å². The lowest BCUT2D eigenvalue weighted by Crippen LogP contribution is -2.42. The number of hydrogen-bond donors (Lipinski definition) is 1. The van der Waals surface area contributed by atoms with E-state index in [1.54, 1.807) is 0 Å². The van der Waals surface area contributed by atoms with Crippen molar-refractivity contribution in [2.45, 2.75) is 44.7 Å². The first-order valence-electron chi connectivity index (χ1n) is 6.42. The Morgan fingerprint density at radius 3 is 2.88 bits per heavy atom. The molecule has 2 aliphatic heterocycles. The summed E-state index contributed by atoms with van der Waals surface area (Å²) in [4.78, 5) is 14.2. The maximum atomic E-state index is 12.1. The lowest BCUT2D eigenvalue weighted by molar-refractivity contribution is -0.134. The van der Waals surface area contributed by atoms with Gasteiger partial charge in [0.05, 0.1) is 13.0 Å². The maximum Gasteiger partial charge on any atom is 0.225 e. The molecule has 2 saturated heterocycles. The lowest BCUT2D eigenvalue weighted by atomic mass is 10.1. The van der Waals surface area contributed by atoms with Crippen LogP contribution in [0.15, 0.2) is 0 Å². The summed E-state index contributed by atoms with van der Waals surface area (Å²) in [6.07, 6.45) is 4.00. The van der Waals surface area contributed by atoms with Crippen LogP contribution in [0.1, 0.15) is 32.6 Å². The van der Waals surface area contributed by atoms with Gasteiger partial charge in [0.15, 0.2) is 0 Å². The van der Waals surface area contributed by atoms with Gasteiger partial charge in [-0.3, -0.25) is 4.79 Å². The fourth-order valence-corrected chi connectivity index (χ4v) is 2.82. The summed E-state index contributed by atoms with van der Waals surface area (Å²) >= 11 is 0. The zero-order chi connectivity index (χ0) is 11.4. The van der Waals surface area contributed by atoms with Gasteiger partial charge < -0.3 is 15.0 Å². The van der Waals surface area contributed by atoms with Gasteiger partial charge in [-0.1, -0.05) is 0 Å². The third-order valence-corrected chi connectivity index (χ3v) is 3.61. The Morgan fingerprint density at radius 2 is 2.12 bits per heavy atom. The average molecular weight is 263 g/mol. The summed E-state index contributed by atoms with van der Waals surface area (Å²) in [5.41, 5.74) is 0. The normalized spacial score (nSPS) is 27.5. The van der Waals surface area contributed by atoms with Crippen molar-refractivity contribution in [3.8, 4) is 0 Å². The molecule has 2 heterocycles. The number of amides is 1. The Balaban J connectivity index is 0.00000144. The van der Waals surface area contributed by atoms with Gasteiger partial charge in [0.2, 0.25) is 5.91 Å². The van der Waals surface area contributed by atoms with Crippen molar-refractivity contribution in [1.82, 2.24) is 10.2 Å². The Labute approximate surface area is 109 Å². The molecule has 100 valence electrons. The lowest BCUT2D eigenvalue weighted by Gasteiger charge is -2.27. The second-order valence-corrected chi connectivity index (χ2v) is 4.63. The van der Waals surface area contributed by atoms with Crippen molar-refractivity contribution in [2.75, 3.05) is 26.3 Å². The summed E-state index contributed by atoms with van der Waals surface area (Å²) in [7, 11) is 0. The molecule has 2 unspecified atom stereocenters. The van der Waals surface area contributed by atoms with Crippen molar-refractivity contribution < 1.29 is 9.53 Å². The predicted molar refractivity (Wildman–Crippen MR) is 69.5 cm³/mol. The average Bonchev–Trinajstić information content (AvgIpc) is 2.52. The number of hydrogen-bond acceptors (Lipinski definition) is 3. The first-order chi connectivity index (χ1) is 7.83. The number of halogens is 1. The van der Waals surface area contributed by atoms with Gasteiger partial charge in [0, 0.05) is 25.2 Å². The Hall–Kier alpha value is -0.320. The van der Waals surface area contributed by atoms with Crippen LogP contribution in [-0.4, -0.2) is 49.2 Å². The number of rotatable bonds is 4. The number of nitrogens with one attached hydrogen (secondary N) is 1. The van der Waals surface area contributed by atoms with E-state index in [-0.39, 0.29) is 18.3 Å². The Bertz CT molecular complexity index is 237. The smallest absolute Gasteiger partial charge is 0.225 e. The third kappa shape index (κ3) is 3.57. The van der Waals surface area contributed by atoms with Crippen LogP contribution in [0.5, 0.6) is 0 Å². The molecule has 0 spiro atoms. The largest absolute Gasteiger partial charge is 0.381 e. The van der Waals surface area contributed by atoms with Gasteiger partial charge in [-0.05, 0) is 32.7 Å². The first kappa shape index (κ1) is 14.7. The Morgan fingerprint density at radius 1 is 1.35 bits per heavy atom. The minimum Gasteiger partial charge on any atom is -0.381 e. The molecule has 2 atom stereocenters. The van der Waals surface area contributed by atoms with Gasteiger partial charge in [0.1, 0.15) is 0 Å². The number of ether oxygens (including phenoxy) is 1. The molecule has 1 N–H and O–H groups in total. The second-order valence-electron chi connectivity index (χ2n) is 4.63. The van der Waals surface area contributed by atoms with E-state index in [4.69, 9.17) is 4.74 Å². The van der Waals surface area contributed by atoms with Crippen LogP contribution in [0.25, 0.3) is 0 Å². The molecule has 5 heteroatoms. The molecule has 2 fully saturated rings. The topological polar surface area (TPSA) is 41.6 Å². The van der Waals surface area contributed by atoms with E-state index >= 15 is 0 Å². The van der Waals surface area contributed by atoms with Crippen LogP contribution < -0.4 is 5.32 Å². The highest BCUT2D eigenvalue weighted by Gasteiger charge is 2.37. The van der Waals surface area contributed by atoms with Crippen molar-refractivity contribution in [2.24, 2.45) is 0 Å². The molecule has 0 radical (unpaired) electrons. The molecule has 0 aromatic rings. The molecule has 4 nitrogen and oxygen atoms in total. The predicted octanol–water partition coefficient (Wildman–Crippen LogP) is 1.19. The first-order valence-corrected chi connectivity index (χ1v) is 6.42. The summed E-state index contributed by atoms with van der Waals surface area (Å²) < 4.78 is 5.25. The summed E-state index contributed by atoms with van der Waals surface area (Å²) in [5.74, 6) is 0.282. The molecule has 0 aromatic heterocycles. The number of fused-ring (bicyclic) bond motifs is 2. The van der Waals surface area contributed by atoms with Gasteiger partial charge in [-0.15, -0.1) is 12.4 Å². The van der Waals surface area contributed by atoms with E-state index in [2.05, 4.69) is 10.2 Å². The Kier molecular flexibility index (Phi) is 6.23. The molecule has 0 saturated carbocycles. The quantitative estimate of drug-likeness (QED) is 0.774. The van der Waals surface area contributed by atoms with E-state index < -0.39 is 0 Å². The van der Waals surface area contributed by atoms with Crippen molar-refractivity contribution >= 4 is 18.3 Å². The van der Waals surface area contributed by atoms with Gasteiger partial charge >= 0.3 is 0 Å². The highest BCUT2D eigenvalue weighted by atomic mass is 35.5. The van der Waals surface area contributed by atoms with Crippen LogP contribution in [0.2, 0.25) is 0 Å². The minimum atomic E-state index is 0. The molecule has 0 aromatic carbocycles. The molecule has 2 rings (SSSR count). The molecule has 2 aliphatic rings. The van der Waals surface area contributed by atoms with Gasteiger partial charge in [-0.2, -0.15) is 0 Å². The van der Waals surface area contributed by atoms with E-state index in [9.17, 15) is 4.79 Å². The number of carbonyl (C=O) groups excluding carboxylic acids is 1. The standard InChI is InChI=1S/C12H22N2O2.ClH/c1-2-16-8-6-12(15)14-10-3-4-11(14)9-13-7-5-10;/h10-11,13H,2-9H2,1H3;1H. The number of nitrogens with zero attached hydrogens (tertiary/aromatic N) is 1. The highest BCUT2D eigenvalue weighted by molar-refractivity contribution is 5.85. The monoisotopic (exact) mass is 262 g/mol. The molecule has 1 amide bonds. The summed E-state index contributed by atoms with van der Waals surface area (Å²) in [6.45, 7) is 5.25. The minimum absolute atomic E-state index is 0. The zero-order valence-corrected chi connectivity index (χ0v) is 11.3. The summed E-state index contributed by atoms with van der Waals surface area (Å²) in [5, 5.41) is 3.41. The zero-order valence-electron chi connectivity index (χ0n) is 10.5. The van der Waals surface area contributed by atoms with Crippen LogP contribution in [0.3, 0.4) is 0 Å². The van der Waals surface area contributed by atoms with E-state index in [1.165, 1.54) is 6.42 Å². The second kappa shape index (κ2) is 7.19. The van der Waals surface area contributed by atoms with Crippen molar-refractivity contribution in [3.05, 3.63) is 0 Å². The van der Waals surface area contributed by atoms with E-state index in [1.807, 2.05) is 6.92 Å². The highest BCUT2D eigenvalue weighted by Crippen LogP contribution is 2.28. The van der Waals surface area contributed by atoms with Crippen LogP contribution in [0.4, 0.5) is 0 Å². The van der Waals surface area contributed by atoms with Crippen molar-refractivity contribution in [3.63, 3.8) is 0 Å².